The first-order chi connectivity index (χ1) is 12.7. The van der Waals surface area contributed by atoms with E-state index in [9.17, 15) is 4.79 Å². The number of amides is 1. The molecule has 2 aromatic heterocycles. The third-order valence-corrected chi connectivity index (χ3v) is 4.64. The summed E-state index contributed by atoms with van der Waals surface area (Å²) in [6.07, 6.45) is 7.92. The van der Waals surface area contributed by atoms with Gasteiger partial charge in [0.05, 0.1) is 18.4 Å². The third kappa shape index (κ3) is 3.44. The molecule has 1 aliphatic heterocycles. The van der Waals surface area contributed by atoms with E-state index in [0.717, 1.165) is 30.8 Å². The quantitative estimate of drug-likeness (QED) is 0.744. The van der Waals surface area contributed by atoms with Crippen molar-refractivity contribution in [3.8, 4) is 0 Å². The van der Waals surface area contributed by atoms with E-state index >= 15 is 0 Å². The Bertz CT molecular complexity index is 887. The van der Waals surface area contributed by atoms with E-state index in [1.807, 2.05) is 43.7 Å². The van der Waals surface area contributed by atoms with Gasteiger partial charge in [0.1, 0.15) is 12.7 Å². The third-order valence-electron chi connectivity index (χ3n) is 4.64. The Labute approximate surface area is 151 Å². The first-order valence-electron chi connectivity index (χ1n) is 8.64. The Balaban J connectivity index is 1.42. The maximum absolute atomic E-state index is 12.8. The number of carbonyl (C=O) groups excluding carboxylic acids is 1. The molecule has 8 nitrogen and oxygen atoms in total. The average Bonchev–Trinajstić information content (AvgIpc) is 3.37. The molecule has 8 heteroatoms. The highest BCUT2D eigenvalue weighted by atomic mass is 16.1. The first-order valence-corrected chi connectivity index (χ1v) is 8.64. The summed E-state index contributed by atoms with van der Waals surface area (Å²) in [6, 6.07) is 7.75. The van der Waals surface area contributed by atoms with E-state index in [0.29, 0.717) is 12.1 Å². The van der Waals surface area contributed by atoms with Gasteiger partial charge in [-0.2, -0.15) is 10.2 Å². The summed E-state index contributed by atoms with van der Waals surface area (Å²) in [4.78, 5) is 19.0. The molecule has 4 rings (SSSR count). The molecule has 134 valence electrons. The van der Waals surface area contributed by atoms with Crippen molar-refractivity contribution in [3.05, 3.63) is 60.4 Å². The van der Waals surface area contributed by atoms with E-state index < -0.39 is 0 Å². The van der Waals surface area contributed by atoms with Gasteiger partial charge in [-0.15, -0.1) is 0 Å². The van der Waals surface area contributed by atoms with Gasteiger partial charge in [-0.3, -0.25) is 9.48 Å². The zero-order valence-electron chi connectivity index (χ0n) is 14.6. The van der Waals surface area contributed by atoms with Gasteiger partial charge >= 0.3 is 0 Å². The van der Waals surface area contributed by atoms with E-state index in [1.54, 1.807) is 15.7 Å². The molecule has 1 N–H and O–H groups in total. The number of aromatic nitrogens is 5. The predicted octanol–water partition coefficient (Wildman–Crippen LogP) is 1.07. The van der Waals surface area contributed by atoms with Crippen molar-refractivity contribution >= 4 is 11.6 Å². The second-order valence-electron chi connectivity index (χ2n) is 6.53. The van der Waals surface area contributed by atoms with E-state index in [2.05, 4.69) is 25.4 Å². The summed E-state index contributed by atoms with van der Waals surface area (Å²) in [5.41, 5.74) is 2.70. The number of rotatable bonds is 5. The van der Waals surface area contributed by atoms with Crippen molar-refractivity contribution in [1.82, 2.24) is 29.9 Å². The number of nitrogens with zero attached hydrogens (tertiary/aromatic N) is 6. The molecule has 0 radical (unpaired) electrons. The average molecular weight is 351 g/mol. The van der Waals surface area contributed by atoms with Gasteiger partial charge in [0, 0.05) is 37.9 Å². The summed E-state index contributed by atoms with van der Waals surface area (Å²) < 4.78 is 3.51. The molecule has 0 bridgehead atoms. The van der Waals surface area contributed by atoms with Crippen molar-refractivity contribution in [2.75, 3.05) is 18.0 Å². The molecule has 0 aliphatic carbocycles. The Morgan fingerprint density at radius 3 is 2.96 bits per heavy atom. The van der Waals surface area contributed by atoms with Crippen molar-refractivity contribution in [1.29, 1.82) is 0 Å². The molecule has 0 saturated carbocycles. The fourth-order valence-electron chi connectivity index (χ4n) is 3.32. The van der Waals surface area contributed by atoms with Gasteiger partial charge in [-0.25, -0.2) is 9.67 Å². The Hall–Kier alpha value is -3.16. The van der Waals surface area contributed by atoms with Gasteiger partial charge in [0.2, 0.25) is 0 Å². The SMILES string of the molecule is Cn1cc(N2CCC(NC(=O)c3ccccc3Cn3cncn3)C2)cn1. The van der Waals surface area contributed by atoms with Crippen LogP contribution in [0.4, 0.5) is 5.69 Å². The van der Waals surface area contributed by atoms with Crippen LogP contribution in [0.3, 0.4) is 0 Å². The summed E-state index contributed by atoms with van der Waals surface area (Å²) in [5, 5.41) is 11.5. The molecule has 0 spiro atoms. The summed E-state index contributed by atoms with van der Waals surface area (Å²) >= 11 is 0. The molecule has 1 fully saturated rings. The van der Waals surface area contributed by atoms with Crippen LogP contribution in [0.5, 0.6) is 0 Å². The van der Waals surface area contributed by atoms with Gasteiger partial charge in [-0.1, -0.05) is 18.2 Å². The van der Waals surface area contributed by atoms with Gasteiger partial charge in [0.15, 0.2) is 0 Å². The van der Waals surface area contributed by atoms with Crippen LogP contribution in [-0.2, 0) is 13.6 Å². The van der Waals surface area contributed by atoms with Crippen LogP contribution in [0.2, 0.25) is 0 Å². The highest BCUT2D eigenvalue weighted by molar-refractivity contribution is 5.96. The van der Waals surface area contributed by atoms with E-state index in [4.69, 9.17) is 0 Å². The number of nitrogens with one attached hydrogen (secondary N) is 1. The predicted molar refractivity (Wildman–Crippen MR) is 96.9 cm³/mol. The normalized spacial score (nSPS) is 16.8. The fourth-order valence-corrected chi connectivity index (χ4v) is 3.32. The van der Waals surface area contributed by atoms with E-state index in [-0.39, 0.29) is 11.9 Å². The van der Waals surface area contributed by atoms with Crippen LogP contribution in [0.25, 0.3) is 0 Å². The molecule has 1 atom stereocenters. The highest BCUT2D eigenvalue weighted by Gasteiger charge is 2.25. The molecular weight excluding hydrogens is 330 g/mol. The number of benzene rings is 1. The number of anilines is 1. The molecule has 1 amide bonds. The van der Waals surface area contributed by atoms with Crippen molar-refractivity contribution in [2.45, 2.75) is 19.0 Å². The molecule has 1 aliphatic rings. The first kappa shape index (κ1) is 16.3. The summed E-state index contributed by atoms with van der Waals surface area (Å²) in [7, 11) is 1.91. The minimum Gasteiger partial charge on any atom is -0.367 e. The zero-order valence-corrected chi connectivity index (χ0v) is 14.6. The lowest BCUT2D eigenvalue weighted by atomic mass is 10.1. The van der Waals surface area contributed by atoms with Crippen molar-refractivity contribution < 1.29 is 4.79 Å². The molecule has 1 aromatic carbocycles. The standard InChI is InChI=1S/C18H21N7O/c1-23-11-16(8-20-23)24-7-6-15(10-24)22-18(26)17-5-3-2-4-14(17)9-25-13-19-12-21-25/h2-5,8,11-13,15H,6-7,9-10H2,1H3,(H,22,26). The second kappa shape index (κ2) is 6.99. The maximum atomic E-state index is 12.8. The minimum atomic E-state index is -0.0428. The van der Waals surface area contributed by atoms with E-state index in [1.165, 1.54) is 6.33 Å². The molecule has 3 heterocycles. The van der Waals surface area contributed by atoms with Crippen LogP contribution >= 0.6 is 0 Å². The molecule has 3 aromatic rings. The molecular formula is C18H21N7O. The number of hydrogen-bond acceptors (Lipinski definition) is 5. The van der Waals surface area contributed by atoms with Gasteiger partial charge in [-0.05, 0) is 18.1 Å². The molecule has 1 saturated heterocycles. The van der Waals surface area contributed by atoms with Crippen LogP contribution in [0, 0.1) is 0 Å². The van der Waals surface area contributed by atoms with Crippen LogP contribution in [-0.4, -0.2) is 49.6 Å². The van der Waals surface area contributed by atoms with Gasteiger partial charge < -0.3 is 10.2 Å². The zero-order chi connectivity index (χ0) is 17.9. The minimum absolute atomic E-state index is 0.0428. The Kier molecular flexibility index (Phi) is 4.39. The fraction of sp³-hybridized carbons (Fsp3) is 0.333. The summed E-state index contributed by atoms with van der Waals surface area (Å²) in [6.45, 7) is 2.23. The summed E-state index contributed by atoms with van der Waals surface area (Å²) in [5.74, 6) is -0.0428. The van der Waals surface area contributed by atoms with Crippen molar-refractivity contribution in [2.24, 2.45) is 7.05 Å². The Morgan fingerprint density at radius 2 is 2.19 bits per heavy atom. The molecule has 26 heavy (non-hydrogen) atoms. The smallest absolute Gasteiger partial charge is 0.251 e. The van der Waals surface area contributed by atoms with Gasteiger partial charge in [0.25, 0.3) is 5.91 Å². The number of carbonyl (C=O) groups is 1. The lowest BCUT2D eigenvalue weighted by molar-refractivity contribution is 0.0939. The maximum Gasteiger partial charge on any atom is 0.251 e. The lowest BCUT2D eigenvalue weighted by Gasteiger charge is -2.17. The Morgan fingerprint density at radius 1 is 1.31 bits per heavy atom. The highest BCUT2D eigenvalue weighted by Crippen LogP contribution is 2.20. The van der Waals surface area contributed by atoms with Crippen molar-refractivity contribution in [3.63, 3.8) is 0 Å². The molecule has 1 unspecified atom stereocenters. The van der Waals surface area contributed by atoms with Crippen LogP contribution in [0.1, 0.15) is 22.3 Å². The monoisotopic (exact) mass is 351 g/mol. The lowest BCUT2D eigenvalue weighted by Crippen LogP contribution is -2.37. The van der Waals surface area contributed by atoms with Crippen LogP contribution in [0.15, 0.2) is 49.3 Å². The number of aryl methyl sites for hydroxylation is 1. The number of hydrogen-bond donors (Lipinski definition) is 1. The van der Waals surface area contributed by atoms with Crippen LogP contribution < -0.4 is 10.2 Å². The largest absolute Gasteiger partial charge is 0.367 e. The topological polar surface area (TPSA) is 80.9 Å². The second-order valence-corrected chi connectivity index (χ2v) is 6.53.